The van der Waals surface area contributed by atoms with Gasteiger partial charge in [-0.25, -0.2) is 9.97 Å². The standard InChI is InChI=1S/C22H25ClN4S/c1-4-22(2,3)15-9-10-18-16(11-15)19-20(24-13-25-21(19)28-18)27-26-12-14-7-5-6-8-17(14)23/h5-8,12-13,15H,4,9-11H2,1-3H3,(H,24,25,27)/b26-12+. The Hall–Kier alpha value is -1.98. The third kappa shape index (κ3) is 3.65. The van der Waals surface area contributed by atoms with Gasteiger partial charge in [-0.1, -0.05) is 57.0 Å². The Balaban J connectivity index is 1.66. The first kappa shape index (κ1) is 19.3. The number of benzene rings is 1. The minimum absolute atomic E-state index is 0.345. The van der Waals surface area contributed by atoms with Crippen molar-refractivity contribution in [2.45, 2.75) is 46.5 Å². The number of aryl methyl sites for hydroxylation is 1. The summed E-state index contributed by atoms with van der Waals surface area (Å²) in [7, 11) is 0. The van der Waals surface area contributed by atoms with Crippen molar-refractivity contribution in [3.63, 3.8) is 0 Å². The van der Waals surface area contributed by atoms with Crippen LogP contribution in [-0.2, 0) is 12.8 Å². The zero-order valence-electron chi connectivity index (χ0n) is 16.5. The van der Waals surface area contributed by atoms with Gasteiger partial charge in [-0.3, -0.25) is 5.43 Å². The molecule has 2 aromatic heterocycles. The van der Waals surface area contributed by atoms with Crippen LogP contribution in [0.5, 0.6) is 0 Å². The van der Waals surface area contributed by atoms with E-state index in [0.29, 0.717) is 16.4 Å². The highest BCUT2D eigenvalue weighted by atomic mass is 35.5. The fraction of sp³-hybridized carbons (Fsp3) is 0.409. The van der Waals surface area contributed by atoms with Crippen molar-refractivity contribution in [1.82, 2.24) is 9.97 Å². The normalized spacial score (nSPS) is 17.2. The van der Waals surface area contributed by atoms with Gasteiger partial charge in [0.25, 0.3) is 0 Å². The van der Waals surface area contributed by atoms with E-state index in [2.05, 4.69) is 41.3 Å². The van der Waals surface area contributed by atoms with Crippen molar-refractivity contribution in [2.24, 2.45) is 16.4 Å². The Morgan fingerprint density at radius 2 is 2.14 bits per heavy atom. The van der Waals surface area contributed by atoms with E-state index in [-0.39, 0.29) is 0 Å². The van der Waals surface area contributed by atoms with Crippen LogP contribution in [0.4, 0.5) is 5.82 Å². The van der Waals surface area contributed by atoms with E-state index in [1.807, 2.05) is 24.3 Å². The molecule has 1 aliphatic carbocycles. The summed E-state index contributed by atoms with van der Waals surface area (Å²) in [5.41, 5.74) is 5.76. The van der Waals surface area contributed by atoms with E-state index in [0.717, 1.165) is 34.4 Å². The second-order valence-electron chi connectivity index (χ2n) is 8.08. The molecule has 1 aromatic carbocycles. The first-order valence-electron chi connectivity index (χ1n) is 9.78. The van der Waals surface area contributed by atoms with Crippen molar-refractivity contribution in [1.29, 1.82) is 0 Å². The van der Waals surface area contributed by atoms with Crippen LogP contribution in [0.3, 0.4) is 0 Å². The van der Waals surface area contributed by atoms with Gasteiger partial charge in [0, 0.05) is 15.5 Å². The summed E-state index contributed by atoms with van der Waals surface area (Å²) < 4.78 is 0. The van der Waals surface area contributed by atoms with Crippen LogP contribution < -0.4 is 5.43 Å². The summed E-state index contributed by atoms with van der Waals surface area (Å²) in [6.45, 7) is 7.07. The van der Waals surface area contributed by atoms with Gasteiger partial charge in [0.1, 0.15) is 11.2 Å². The Labute approximate surface area is 175 Å². The van der Waals surface area contributed by atoms with Crippen LogP contribution in [0.25, 0.3) is 10.2 Å². The second kappa shape index (κ2) is 7.80. The molecule has 0 amide bonds. The highest BCUT2D eigenvalue weighted by Gasteiger charge is 2.33. The van der Waals surface area contributed by atoms with E-state index >= 15 is 0 Å². The lowest BCUT2D eigenvalue weighted by Gasteiger charge is -2.36. The zero-order chi connectivity index (χ0) is 19.7. The highest BCUT2D eigenvalue weighted by Crippen LogP contribution is 2.45. The maximum atomic E-state index is 6.21. The average Bonchev–Trinajstić information content (AvgIpc) is 3.08. The molecule has 3 aromatic rings. The van der Waals surface area contributed by atoms with Gasteiger partial charge >= 0.3 is 0 Å². The molecule has 4 rings (SSSR count). The van der Waals surface area contributed by atoms with E-state index < -0.39 is 0 Å². The maximum absolute atomic E-state index is 6.21. The molecule has 4 nitrogen and oxygen atoms in total. The number of hydrogen-bond acceptors (Lipinski definition) is 5. The third-order valence-corrected chi connectivity index (χ3v) is 7.68. The van der Waals surface area contributed by atoms with Crippen molar-refractivity contribution >= 4 is 45.2 Å². The molecule has 28 heavy (non-hydrogen) atoms. The SMILES string of the molecule is CCC(C)(C)C1CCc2sc3ncnc(N/N=C/c4ccccc4Cl)c3c2C1. The lowest BCUT2D eigenvalue weighted by atomic mass is 9.69. The lowest BCUT2D eigenvalue weighted by Crippen LogP contribution is -2.28. The number of aromatic nitrogens is 2. The van der Waals surface area contributed by atoms with Crippen LogP contribution >= 0.6 is 22.9 Å². The van der Waals surface area contributed by atoms with Crippen molar-refractivity contribution in [3.05, 3.63) is 51.6 Å². The summed E-state index contributed by atoms with van der Waals surface area (Å²) in [6, 6.07) is 7.65. The van der Waals surface area contributed by atoms with Crippen LogP contribution in [0.15, 0.2) is 35.7 Å². The summed E-state index contributed by atoms with van der Waals surface area (Å²) in [5.74, 6) is 1.46. The molecule has 2 heterocycles. The quantitative estimate of drug-likeness (QED) is 0.393. The number of rotatable bonds is 5. The molecule has 6 heteroatoms. The lowest BCUT2D eigenvalue weighted by molar-refractivity contribution is 0.184. The molecule has 0 bridgehead atoms. The number of nitrogens with zero attached hydrogens (tertiary/aromatic N) is 3. The molecule has 1 unspecified atom stereocenters. The molecule has 0 fully saturated rings. The second-order valence-corrected chi connectivity index (χ2v) is 9.57. The topological polar surface area (TPSA) is 50.2 Å². The number of hydrogen-bond donors (Lipinski definition) is 1. The maximum Gasteiger partial charge on any atom is 0.158 e. The molecule has 1 N–H and O–H groups in total. The van der Waals surface area contributed by atoms with Gasteiger partial charge in [-0.15, -0.1) is 11.3 Å². The summed E-state index contributed by atoms with van der Waals surface area (Å²) in [6.07, 6.45) is 8.02. The van der Waals surface area contributed by atoms with Gasteiger partial charge in [0.15, 0.2) is 5.82 Å². The van der Waals surface area contributed by atoms with E-state index in [4.69, 9.17) is 11.6 Å². The highest BCUT2D eigenvalue weighted by molar-refractivity contribution is 7.19. The van der Waals surface area contributed by atoms with Crippen LogP contribution in [0.2, 0.25) is 5.02 Å². The smallest absolute Gasteiger partial charge is 0.158 e. The number of anilines is 1. The number of hydrazone groups is 1. The van der Waals surface area contributed by atoms with E-state index in [9.17, 15) is 0 Å². The molecular formula is C22H25ClN4S. The van der Waals surface area contributed by atoms with Gasteiger partial charge in [-0.05, 0) is 42.2 Å². The van der Waals surface area contributed by atoms with Crippen LogP contribution in [0.1, 0.15) is 49.6 Å². The van der Waals surface area contributed by atoms with Gasteiger partial charge in [-0.2, -0.15) is 5.10 Å². The molecule has 1 atom stereocenters. The molecule has 0 saturated carbocycles. The summed E-state index contributed by atoms with van der Waals surface area (Å²) >= 11 is 8.01. The minimum Gasteiger partial charge on any atom is -0.261 e. The van der Waals surface area contributed by atoms with E-state index in [1.165, 1.54) is 23.3 Å². The summed E-state index contributed by atoms with van der Waals surface area (Å²) in [5, 5.41) is 6.20. The molecule has 0 aliphatic heterocycles. The van der Waals surface area contributed by atoms with Crippen molar-refractivity contribution < 1.29 is 0 Å². The third-order valence-electron chi connectivity index (χ3n) is 6.14. The van der Waals surface area contributed by atoms with Crippen molar-refractivity contribution in [2.75, 3.05) is 5.43 Å². The minimum atomic E-state index is 0.345. The molecule has 0 saturated heterocycles. The summed E-state index contributed by atoms with van der Waals surface area (Å²) in [4.78, 5) is 11.5. The number of nitrogens with one attached hydrogen (secondary N) is 1. The monoisotopic (exact) mass is 412 g/mol. The fourth-order valence-electron chi connectivity index (χ4n) is 3.89. The van der Waals surface area contributed by atoms with Gasteiger partial charge in [0.2, 0.25) is 0 Å². The molecule has 1 aliphatic rings. The van der Waals surface area contributed by atoms with Crippen LogP contribution in [-0.4, -0.2) is 16.2 Å². The predicted molar refractivity (Wildman–Crippen MR) is 120 cm³/mol. The van der Waals surface area contributed by atoms with Gasteiger partial charge in [0.05, 0.1) is 11.6 Å². The largest absolute Gasteiger partial charge is 0.261 e. The fourth-order valence-corrected chi connectivity index (χ4v) is 5.26. The Morgan fingerprint density at radius 1 is 1.32 bits per heavy atom. The van der Waals surface area contributed by atoms with Gasteiger partial charge < -0.3 is 0 Å². The van der Waals surface area contributed by atoms with Crippen LogP contribution in [0, 0.1) is 11.3 Å². The number of halogens is 1. The number of thiophene rings is 1. The molecule has 0 radical (unpaired) electrons. The first-order valence-corrected chi connectivity index (χ1v) is 11.0. The molecule has 0 spiro atoms. The van der Waals surface area contributed by atoms with E-state index in [1.54, 1.807) is 23.9 Å². The number of fused-ring (bicyclic) bond motifs is 3. The Morgan fingerprint density at radius 3 is 2.93 bits per heavy atom. The predicted octanol–water partition coefficient (Wildman–Crippen LogP) is 6.33. The average molecular weight is 413 g/mol. The zero-order valence-corrected chi connectivity index (χ0v) is 18.1. The van der Waals surface area contributed by atoms with Crippen molar-refractivity contribution in [3.8, 4) is 0 Å². The molecule has 146 valence electrons. The first-order chi connectivity index (χ1) is 13.5. The Bertz CT molecular complexity index is 1020. The molecular weight excluding hydrogens is 388 g/mol. The Kier molecular flexibility index (Phi) is 5.39.